The number of hydrogen-bond acceptors (Lipinski definition) is 5. The highest BCUT2D eigenvalue weighted by molar-refractivity contribution is 6.30. The minimum atomic E-state index is -0.468. The smallest absolute Gasteiger partial charge is 0.337 e. The van der Waals surface area contributed by atoms with Crippen LogP contribution in [0.5, 0.6) is 5.75 Å². The third-order valence-electron chi connectivity index (χ3n) is 5.73. The van der Waals surface area contributed by atoms with E-state index in [2.05, 4.69) is 5.32 Å². The van der Waals surface area contributed by atoms with Crippen molar-refractivity contribution < 1.29 is 19.1 Å². The molecule has 2 aromatic carbocycles. The van der Waals surface area contributed by atoms with Crippen molar-refractivity contribution in [1.82, 2.24) is 5.32 Å². The molecular formula is C27H30ClNO4. The molecule has 1 atom stereocenters. The van der Waals surface area contributed by atoms with Crippen molar-refractivity contribution >= 4 is 23.4 Å². The molecule has 1 aliphatic heterocycles. The lowest BCUT2D eigenvalue weighted by Crippen LogP contribution is -2.34. The Hall–Kier alpha value is -3.05. The van der Waals surface area contributed by atoms with E-state index in [4.69, 9.17) is 21.1 Å². The molecule has 0 radical (unpaired) electrons. The van der Waals surface area contributed by atoms with E-state index in [1.807, 2.05) is 57.2 Å². The number of carbonyl (C=O) groups is 2. The van der Waals surface area contributed by atoms with Crippen LogP contribution in [0.2, 0.25) is 5.02 Å². The summed E-state index contributed by atoms with van der Waals surface area (Å²) >= 11 is 6.08. The normalized spacial score (nSPS) is 17.5. The SMILES string of the molecule is CC.COc1ccc(COC(=O)C2=C(C)NC3=C(C(=O)CCC3)C2c2ccc(Cl)cc2)cc1. The van der Waals surface area contributed by atoms with E-state index in [0.717, 1.165) is 35.4 Å². The number of ether oxygens (including phenoxy) is 2. The van der Waals surface area contributed by atoms with Crippen LogP contribution < -0.4 is 10.1 Å². The molecule has 1 heterocycles. The quantitative estimate of drug-likeness (QED) is 0.539. The Labute approximate surface area is 200 Å². The molecule has 4 rings (SSSR count). The first-order valence-corrected chi connectivity index (χ1v) is 11.6. The van der Waals surface area contributed by atoms with E-state index in [9.17, 15) is 9.59 Å². The third-order valence-corrected chi connectivity index (χ3v) is 5.98. The summed E-state index contributed by atoms with van der Waals surface area (Å²) in [5, 5.41) is 3.90. The van der Waals surface area contributed by atoms with E-state index in [-0.39, 0.29) is 12.4 Å². The molecule has 2 aliphatic rings. The fourth-order valence-electron chi connectivity index (χ4n) is 4.19. The summed E-state index contributed by atoms with van der Waals surface area (Å²) in [7, 11) is 1.60. The van der Waals surface area contributed by atoms with Crippen LogP contribution in [0.4, 0.5) is 0 Å². The summed E-state index contributed by atoms with van der Waals surface area (Å²) in [6, 6.07) is 14.7. The van der Waals surface area contributed by atoms with Crippen molar-refractivity contribution in [2.24, 2.45) is 0 Å². The molecule has 174 valence electrons. The highest BCUT2D eigenvalue weighted by Crippen LogP contribution is 2.42. The number of allylic oxidation sites excluding steroid dienone is 3. The number of Topliss-reactive ketones (excluding diaryl/α,β-unsaturated/α-hetero) is 1. The molecule has 6 heteroatoms. The Morgan fingerprint density at radius 3 is 2.36 bits per heavy atom. The first-order chi connectivity index (χ1) is 16.0. The van der Waals surface area contributed by atoms with Gasteiger partial charge < -0.3 is 14.8 Å². The molecule has 1 N–H and O–H groups in total. The van der Waals surface area contributed by atoms with Crippen LogP contribution in [-0.2, 0) is 20.9 Å². The van der Waals surface area contributed by atoms with E-state index in [1.54, 1.807) is 19.2 Å². The average Bonchev–Trinajstić information content (AvgIpc) is 2.84. The molecular weight excluding hydrogens is 438 g/mol. The predicted octanol–water partition coefficient (Wildman–Crippen LogP) is 6.09. The van der Waals surface area contributed by atoms with Gasteiger partial charge in [-0.3, -0.25) is 4.79 Å². The number of rotatable bonds is 5. The number of hydrogen-bond donors (Lipinski definition) is 1. The Kier molecular flexibility index (Phi) is 8.34. The van der Waals surface area contributed by atoms with Crippen LogP contribution in [0, 0.1) is 0 Å². The molecule has 0 amide bonds. The Morgan fingerprint density at radius 1 is 1.06 bits per heavy atom. The number of dihydropyridines is 1. The second kappa shape index (κ2) is 11.2. The van der Waals surface area contributed by atoms with Gasteiger partial charge in [0.25, 0.3) is 0 Å². The van der Waals surface area contributed by atoms with Crippen molar-refractivity contribution in [3.05, 3.63) is 87.2 Å². The molecule has 33 heavy (non-hydrogen) atoms. The third kappa shape index (κ3) is 5.48. The zero-order valence-electron chi connectivity index (χ0n) is 19.5. The first kappa shape index (κ1) is 24.6. The van der Waals surface area contributed by atoms with Crippen LogP contribution in [0.25, 0.3) is 0 Å². The van der Waals surface area contributed by atoms with Gasteiger partial charge in [-0.2, -0.15) is 0 Å². The van der Waals surface area contributed by atoms with Gasteiger partial charge in [-0.25, -0.2) is 4.79 Å². The van der Waals surface area contributed by atoms with E-state index in [1.165, 1.54) is 0 Å². The number of benzene rings is 2. The topological polar surface area (TPSA) is 64.6 Å². The van der Waals surface area contributed by atoms with Crippen LogP contribution in [-0.4, -0.2) is 18.9 Å². The van der Waals surface area contributed by atoms with Gasteiger partial charge in [0.2, 0.25) is 0 Å². The van der Waals surface area contributed by atoms with Crippen molar-refractivity contribution in [2.75, 3.05) is 7.11 Å². The number of nitrogens with one attached hydrogen (secondary N) is 1. The van der Waals surface area contributed by atoms with Gasteiger partial charge >= 0.3 is 5.97 Å². The summed E-state index contributed by atoms with van der Waals surface area (Å²) in [5.74, 6) is -0.0970. The lowest BCUT2D eigenvalue weighted by atomic mass is 9.75. The maximum Gasteiger partial charge on any atom is 0.337 e. The zero-order valence-corrected chi connectivity index (χ0v) is 20.3. The van der Waals surface area contributed by atoms with Gasteiger partial charge in [0.15, 0.2) is 5.78 Å². The molecule has 0 bridgehead atoms. The number of esters is 1. The highest BCUT2D eigenvalue weighted by atomic mass is 35.5. The maximum absolute atomic E-state index is 13.2. The van der Waals surface area contributed by atoms with Crippen molar-refractivity contribution in [1.29, 1.82) is 0 Å². The molecule has 5 nitrogen and oxygen atoms in total. The number of methoxy groups -OCH3 is 1. The van der Waals surface area contributed by atoms with Gasteiger partial charge in [-0.15, -0.1) is 0 Å². The highest BCUT2D eigenvalue weighted by Gasteiger charge is 2.39. The van der Waals surface area contributed by atoms with Crippen LogP contribution in [0.3, 0.4) is 0 Å². The lowest BCUT2D eigenvalue weighted by molar-refractivity contribution is -0.140. The molecule has 2 aromatic rings. The van der Waals surface area contributed by atoms with Crippen LogP contribution >= 0.6 is 11.6 Å². The fraction of sp³-hybridized carbons (Fsp3) is 0.333. The molecule has 1 unspecified atom stereocenters. The van der Waals surface area contributed by atoms with E-state index in [0.29, 0.717) is 28.3 Å². The van der Waals surface area contributed by atoms with E-state index < -0.39 is 11.9 Å². The van der Waals surface area contributed by atoms with Gasteiger partial charge in [0.1, 0.15) is 12.4 Å². The van der Waals surface area contributed by atoms with Gasteiger partial charge in [-0.05, 0) is 55.2 Å². The molecule has 1 aliphatic carbocycles. The Morgan fingerprint density at radius 2 is 1.73 bits per heavy atom. The summed E-state index contributed by atoms with van der Waals surface area (Å²) in [6.07, 6.45) is 2.08. The Bertz CT molecular complexity index is 1070. The molecule has 0 aromatic heterocycles. The van der Waals surface area contributed by atoms with E-state index >= 15 is 0 Å². The summed E-state index contributed by atoms with van der Waals surface area (Å²) in [4.78, 5) is 26.1. The minimum Gasteiger partial charge on any atom is -0.497 e. The molecule has 0 saturated heterocycles. The monoisotopic (exact) mass is 467 g/mol. The molecule has 0 fully saturated rings. The predicted molar refractivity (Wildman–Crippen MR) is 130 cm³/mol. The zero-order chi connectivity index (χ0) is 24.0. The molecule has 0 saturated carbocycles. The second-order valence-corrected chi connectivity index (χ2v) is 8.18. The first-order valence-electron chi connectivity index (χ1n) is 11.3. The van der Waals surface area contributed by atoms with Gasteiger partial charge in [0.05, 0.1) is 12.7 Å². The standard InChI is InChI=1S/C25H24ClNO4.C2H6/c1-15-22(25(29)31-14-16-6-12-19(30-2)13-7-16)23(17-8-10-18(26)11-9-17)24-20(27-15)4-3-5-21(24)28;1-2/h6-13,23,27H,3-5,14H2,1-2H3;1-2H3. The van der Waals surface area contributed by atoms with Crippen LogP contribution in [0.1, 0.15) is 57.1 Å². The van der Waals surface area contributed by atoms with Crippen molar-refractivity contribution in [3.8, 4) is 5.75 Å². The Balaban J connectivity index is 0.00000149. The number of halogens is 1. The van der Waals surface area contributed by atoms with Gasteiger partial charge in [0, 0.05) is 34.3 Å². The number of carbonyl (C=O) groups excluding carboxylic acids is 2. The van der Waals surface area contributed by atoms with Crippen LogP contribution in [0.15, 0.2) is 71.1 Å². The fourth-order valence-corrected chi connectivity index (χ4v) is 4.32. The summed E-state index contributed by atoms with van der Waals surface area (Å²) < 4.78 is 10.8. The summed E-state index contributed by atoms with van der Waals surface area (Å²) in [6.45, 7) is 5.99. The van der Waals surface area contributed by atoms with Crippen molar-refractivity contribution in [2.45, 2.75) is 52.6 Å². The average molecular weight is 468 g/mol. The molecule has 0 spiro atoms. The lowest BCUT2D eigenvalue weighted by Gasteiger charge is -2.34. The maximum atomic E-state index is 13.2. The second-order valence-electron chi connectivity index (χ2n) is 7.74. The largest absolute Gasteiger partial charge is 0.497 e. The number of ketones is 1. The minimum absolute atomic E-state index is 0.0710. The van der Waals surface area contributed by atoms with Gasteiger partial charge in [-0.1, -0.05) is 49.7 Å². The summed E-state index contributed by atoms with van der Waals surface area (Å²) in [5.41, 5.74) is 4.45. The van der Waals surface area contributed by atoms with Crippen molar-refractivity contribution in [3.63, 3.8) is 0 Å².